The zero-order chi connectivity index (χ0) is 15.5. The minimum Gasteiger partial charge on any atom is -0.508 e. The fraction of sp³-hybridized carbons (Fsp3) is 0.200. The van der Waals surface area contributed by atoms with E-state index in [-0.39, 0.29) is 12.2 Å². The molecule has 0 amide bonds. The highest BCUT2D eigenvalue weighted by atomic mass is 19.4. The van der Waals surface area contributed by atoms with Gasteiger partial charge in [-0.25, -0.2) is 0 Å². The van der Waals surface area contributed by atoms with Crippen molar-refractivity contribution in [2.45, 2.75) is 12.8 Å². The minimum atomic E-state index is -4.56. The van der Waals surface area contributed by atoms with Crippen LogP contribution in [0.4, 0.5) is 13.2 Å². The molecule has 0 unspecified atom stereocenters. The molecule has 0 spiro atoms. The molecule has 2 aromatic rings. The van der Waals surface area contributed by atoms with Crippen LogP contribution in [-0.4, -0.2) is 12.2 Å². The summed E-state index contributed by atoms with van der Waals surface area (Å²) in [6.07, 6.45) is -4.56. The van der Waals surface area contributed by atoms with Crippen LogP contribution in [0.15, 0.2) is 42.5 Å². The Balaban J connectivity index is 2.24. The zero-order valence-electron chi connectivity index (χ0n) is 11.1. The topological polar surface area (TPSA) is 38.7 Å². The first-order chi connectivity index (χ1) is 9.91. The van der Waals surface area contributed by atoms with Crippen LogP contribution in [0.5, 0.6) is 17.2 Å². The van der Waals surface area contributed by atoms with E-state index >= 15 is 0 Å². The lowest BCUT2D eigenvalue weighted by molar-refractivity contribution is -0.138. The molecule has 2 aromatic carbocycles. The Labute approximate surface area is 119 Å². The lowest BCUT2D eigenvalue weighted by Gasteiger charge is -2.15. The van der Waals surface area contributed by atoms with E-state index in [1.807, 2.05) is 0 Å². The number of alkyl halides is 3. The number of hydrogen-bond donors (Lipinski definition) is 1. The molecule has 0 saturated heterocycles. The van der Waals surface area contributed by atoms with E-state index in [1.165, 1.54) is 19.2 Å². The Hall–Kier alpha value is -2.37. The van der Waals surface area contributed by atoms with Gasteiger partial charge in [-0.1, -0.05) is 18.2 Å². The van der Waals surface area contributed by atoms with Gasteiger partial charge in [0.25, 0.3) is 0 Å². The van der Waals surface area contributed by atoms with E-state index in [2.05, 4.69) is 0 Å². The molecule has 0 saturated carbocycles. The molecule has 0 atom stereocenters. The van der Waals surface area contributed by atoms with E-state index in [1.54, 1.807) is 24.3 Å². The third-order valence-electron chi connectivity index (χ3n) is 2.85. The van der Waals surface area contributed by atoms with Crippen LogP contribution >= 0.6 is 0 Å². The minimum absolute atomic E-state index is 0.0637. The van der Waals surface area contributed by atoms with E-state index in [4.69, 9.17) is 9.47 Å². The van der Waals surface area contributed by atoms with Crippen LogP contribution in [0, 0.1) is 0 Å². The maximum atomic E-state index is 12.9. The van der Waals surface area contributed by atoms with Crippen LogP contribution in [0.25, 0.3) is 0 Å². The second-order valence-corrected chi connectivity index (χ2v) is 4.28. The van der Waals surface area contributed by atoms with Gasteiger partial charge in [-0.2, -0.15) is 13.2 Å². The number of methoxy groups -OCH3 is 1. The number of phenolic OH excluding ortho intramolecular Hbond substituents is 1. The standard InChI is InChI=1S/C15H13F3O3/c1-20-13-4-2-3-5-14(13)21-9-10-6-7-11(19)8-12(10)15(16,17)18/h2-8,19H,9H2,1H3. The van der Waals surface area contributed by atoms with Crippen molar-refractivity contribution < 1.29 is 27.8 Å². The van der Waals surface area contributed by atoms with Crippen molar-refractivity contribution in [1.29, 1.82) is 0 Å². The van der Waals surface area contributed by atoms with Gasteiger partial charge >= 0.3 is 6.18 Å². The fourth-order valence-corrected chi connectivity index (χ4v) is 1.85. The number of halogens is 3. The average Bonchev–Trinajstić information content (AvgIpc) is 2.45. The van der Waals surface area contributed by atoms with Gasteiger partial charge in [0.05, 0.1) is 12.7 Å². The monoisotopic (exact) mass is 298 g/mol. The molecular formula is C15H13F3O3. The molecule has 112 valence electrons. The molecule has 1 N–H and O–H groups in total. The highest BCUT2D eigenvalue weighted by molar-refractivity contribution is 5.40. The average molecular weight is 298 g/mol. The first-order valence-electron chi connectivity index (χ1n) is 6.06. The molecular weight excluding hydrogens is 285 g/mol. The van der Waals surface area contributed by atoms with Crippen molar-refractivity contribution in [1.82, 2.24) is 0 Å². The maximum absolute atomic E-state index is 12.9. The summed E-state index contributed by atoms with van der Waals surface area (Å²) < 4.78 is 49.2. The number of para-hydroxylation sites is 2. The number of rotatable bonds is 4. The molecule has 0 aliphatic rings. The lowest BCUT2D eigenvalue weighted by atomic mass is 10.1. The summed E-state index contributed by atoms with van der Waals surface area (Å²) in [5.41, 5.74) is -0.983. The summed E-state index contributed by atoms with van der Waals surface area (Å²) in [6.45, 7) is -0.282. The molecule has 3 nitrogen and oxygen atoms in total. The SMILES string of the molecule is COc1ccccc1OCc1ccc(O)cc1C(F)(F)F. The molecule has 21 heavy (non-hydrogen) atoms. The maximum Gasteiger partial charge on any atom is 0.416 e. The summed E-state index contributed by atoms with van der Waals surface area (Å²) in [6, 6.07) is 9.74. The Morgan fingerprint density at radius 2 is 1.71 bits per heavy atom. The summed E-state index contributed by atoms with van der Waals surface area (Å²) in [7, 11) is 1.45. The molecule has 0 fully saturated rings. The van der Waals surface area contributed by atoms with E-state index in [0.717, 1.165) is 0 Å². The lowest BCUT2D eigenvalue weighted by Crippen LogP contribution is -2.11. The van der Waals surface area contributed by atoms with Crippen LogP contribution in [0.1, 0.15) is 11.1 Å². The van der Waals surface area contributed by atoms with E-state index in [0.29, 0.717) is 17.6 Å². The fourth-order valence-electron chi connectivity index (χ4n) is 1.85. The summed E-state index contributed by atoms with van der Waals surface area (Å²) in [4.78, 5) is 0. The van der Waals surface area contributed by atoms with Crippen LogP contribution in [0.3, 0.4) is 0 Å². The van der Waals surface area contributed by atoms with E-state index in [9.17, 15) is 18.3 Å². The second-order valence-electron chi connectivity index (χ2n) is 4.28. The predicted octanol–water partition coefficient (Wildman–Crippen LogP) is 4.00. The number of phenols is 1. The molecule has 2 rings (SSSR count). The normalized spacial score (nSPS) is 11.2. The highest BCUT2D eigenvalue weighted by Gasteiger charge is 2.33. The molecule has 0 aliphatic heterocycles. The van der Waals surface area contributed by atoms with Gasteiger partial charge in [0.2, 0.25) is 0 Å². The number of hydrogen-bond acceptors (Lipinski definition) is 3. The molecule has 0 heterocycles. The van der Waals surface area contributed by atoms with Crippen molar-refractivity contribution in [3.63, 3.8) is 0 Å². The summed E-state index contributed by atoms with van der Waals surface area (Å²) in [5.74, 6) is 0.342. The molecule has 0 bridgehead atoms. The van der Waals surface area contributed by atoms with Crippen molar-refractivity contribution >= 4 is 0 Å². The second kappa shape index (κ2) is 5.95. The Kier molecular flexibility index (Phi) is 4.26. The largest absolute Gasteiger partial charge is 0.508 e. The predicted molar refractivity (Wildman–Crippen MR) is 70.4 cm³/mol. The third-order valence-corrected chi connectivity index (χ3v) is 2.85. The van der Waals surface area contributed by atoms with Crippen molar-refractivity contribution in [3.8, 4) is 17.2 Å². The van der Waals surface area contributed by atoms with E-state index < -0.39 is 17.5 Å². The Bertz CT molecular complexity index is 624. The number of aromatic hydroxyl groups is 1. The smallest absolute Gasteiger partial charge is 0.416 e. The van der Waals surface area contributed by atoms with Crippen LogP contribution < -0.4 is 9.47 Å². The number of ether oxygens (including phenoxy) is 2. The molecule has 0 radical (unpaired) electrons. The number of benzene rings is 2. The van der Waals surface area contributed by atoms with Gasteiger partial charge in [-0.3, -0.25) is 0 Å². The van der Waals surface area contributed by atoms with Crippen molar-refractivity contribution in [3.05, 3.63) is 53.6 Å². The molecule has 0 aliphatic carbocycles. The summed E-state index contributed by atoms with van der Waals surface area (Å²) in [5, 5.41) is 9.21. The Morgan fingerprint density at radius 3 is 2.33 bits per heavy atom. The first-order valence-corrected chi connectivity index (χ1v) is 6.06. The Morgan fingerprint density at radius 1 is 1.05 bits per heavy atom. The van der Waals surface area contributed by atoms with Crippen LogP contribution in [-0.2, 0) is 12.8 Å². The van der Waals surface area contributed by atoms with Gasteiger partial charge < -0.3 is 14.6 Å². The molecule has 6 heteroatoms. The van der Waals surface area contributed by atoms with Gasteiger partial charge in [0, 0.05) is 5.56 Å². The quantitative estimate of drug-likeness (QED) is 0.927. The van der Waals surface area contributed by atoms with Crippen LogP contribution in [0.2, 0.25) is 0 Å². The summed E-state index contributed by atoms with van der Waals surface area (Å²) >= 11 is 0. The van der Waals surface area contributed by atoms with Crippen molar-refractivity contribution in [2.75, 3.05) is 7.11 Å². The van der Waals surface area contributed by atoms with Gasteiger partial charge in [0.15, 0.2) is 11.5 Å². The molecule has 0 aromatic heterocycles. The van der Waals surface area contributed by atoms with Gasteiger partial charge in [-0.05, 0) is 24.3 Å². The van der Waals surface area contributed by atoms with Gasteiger partial charge in [-0.15, -0.1) is 0 Å². The highest BCUT2D eigenvalue weighted by Crippen LogP contribution is 2.35. The van der Waals surface area contributed by atoms with Crippen molar-refractivity contribution in [2.24, 2.45) is 0 Å². The third kappa shape index (κ3) is 3.59. The van der Waals surface area contributed by atoms with Gasteiger partial charge in [0.1, 0.15) is 12.4 Å². The first kappa shape index (κ1) is 15.0. The zero-order valence-corrected chi connectivity index (χ0v) is 11.1.